The van der Waals surface area contributed by atoms with Gasteiger partial charge in [0.15, 0.2) is 0 Å². The Kier molecular flexibility index (Phi) is 40.9. The summed E-state index contributed by atoms with van der Waals surface area (Å²) in [6.45, 7) is 5.48. The number of phosphoric acid groups is 1. The van der Waals surface area contributed by atoms with E-state index in [-0.39, 0.29) is 25.8 Å². The highest BCUT2D eigenvalue weighted by Crippen LogP contribution is 2.38. The second-order valence-corrected chi connectivity index (χ2v) is 19.3. The molecule has 0 saturated heterocycles. The van der Waals surface area contributed by atoms with Crippen molar-refractivity contribution < 1.29 is 37.3 Å². The topological polar surface area (TPSA) is 94.1 Å². The Bertz CT molecular complexity index is 868. The number of unbranched alkanes of at least 4 members (excludes halogenated alkanes) is 32. The summed E-state index contributed by atoms with van der Waals surface area (Å²) < 4.78 is 34.7. The fraction of sp³-hybridized carbons (Fsp3) is 0.979. The van der Waals surface area contributed by atoms with Crippen LogP contribution >= 0.6 is 7.82 Å². The van der Waals surface area contributed by atoms with Crippen molar-refractivity contribution in [2.24, 2.45) is 0 Å². The number of carbonyl (C=O) groups is 1. The summed E-state index contributed by atoms with van der Waals surface area (Å²) in [5.74, 6) is -0.327. The van der Waals surface area contributed by atoms with Crippen LogP contribution in [-0.4, -0.2) is 70.7 Å². The first-order chi connectivity index (χ1) is 27.1. The highest BCUT2D eigenvalue weighted by molar-refractivity contribution is 7.45. The molecular formula is C47H96NO7P. The third-order valence-electron chi connectivity index (χ3n) is 10.9. The predicted octanol–water partition coefficient (Wildman–Crippen LogP) is 13.8. The maximum Gasteiger partial charge on any atom is 0.306 e. The number of ether oxygens (including phenoxy) is 2. The van der Waals surface area contributed by atoms with Crippen LogP contribution < -0.4 is 4.89 Å². The lowest BCUT2D eigenvalue weighted by molar-refractivity contribution is -0.870. The number of hydrogen-bond donors (Lipinski definition) is 0. The van der Waals surface area contributed by atoms with E-state index in [0.29, 0.717) is 24.1 Å². The summed E-state index contributed by atoms with van der Waals surface area (Å²) in [6, 6.07) is 0. The molecule has 2 atom stereocenters. The highest BCUT2D eigenvalue weighted by Gasteiger charge is 2.20. The Hall–Kier alpha value is -0.500. The average molecular weight is 818 g/mol. The van der Waals surface area contributed by atoms with Crippen LogP contribution in [0.4, 0.5) is 0 Å². The van der Waals surface area contributed by atoms with Crippen molar-refractivity contribution in [2.45, 2.75) is 245 Å². The molecule has 0 aliphatic heterocycles. The number of phosphoric ester groups is 1. The first-order valence-corrected chi connectivity index (χ1v) is 25.7. The van der Waals surface area contributed by atoms with Crippen LogP contribution in [0.15, 0.2) is 0 Å². The molecule has 8 nitrogen and oxygen atoms in total. The predicted molar refractivity (Wildman–Crippen MR) is 236 cm³/mol. The van der Waals surface area contributed by atoms with E-state index >= 15 is 0 Å². The molecule has 0 rings (SSSR count). The number of carbonyl (C=O) groups excluding carboxylic acids is 1. The normalized spacial score (nSPS) is 13.6. The molecule has 0 bridgehead atoms. The van der Waals surface area contributed by atoms with Crippen LogP contribution in [0.25, 0.3) is 0 Å². The lowest BCUT2D eigenvalue weighted by Crippen LogP contribution is -2.37. The van der Waals surface area contributed by atoms with Gasteiger partial charge in [0.05, 0.1) is 34.4 Å². The van der Waals surface area contributed by atoms with Crippen LogP contribution in [0.3, 0.4) is 0 Å². The zero-order chi connectivity index (χ0) is 41.3. The second kappa shape index (κ2) is 41.2. The van der Waals surface area contributed by atoms with Crippen LogP contribution in [0.5, 0.6) is 0 Å². The van der Waals surface area contributed by atoms with Crippen molar-refractivity contribution in [3.8, 4) is 0 Å². The quantitative estimate of drug-likeness (QED) is 0.0261. The Morgan fingerprint density at radius 2 is 0.821 bits per heavy atom. The molecule has 0 aromatic rings. The standard InChI is InChI=1S/C47H96NO7P/c1-6-8-10-12-14-16-18-20-22-23-24-25-27-29-31-33-35-37-39-42-52-44-46(45-54-56(50,51)53-43-41-48(3,4)5)55-47(49)40-38-36-34-32-30-28-26-21-19-17-15-13-11-9-7-2/h46H,6-45H2,1-5H3. The van der Waals surface area contributed by atoms with E-state index in [1.54, 1.807) is 0 Å². The summed E-state index contributed by atoms with van der Waals surface area (Å²) in [6.07, 6.45) is 44.0. The van der Waals surface area contributed by atoms with Crippen molar-refractivity contribution >= 4 is 13.8 Å². The van der Waals surface area contributed by atoms with Gasteiger partial charge in [0.1, 0.15) is 19.3 Å². The molecule has 0 amide bonds. The number of esters is 1. The minimum atomic E-state index is -4.52. The van der Waals surface area contributed by atoms with Gasteiger partial charge in [-0.2, -0.15) is 0 Å². The van der Waals surface area contributed by atoms with E-state index in [4.69, 9.17) is 18.5 Å². The minimum Gasteiger partial charge on any atom is -0.756 e. The molecule has 0 aromatic heterocycles. The molecule has 0 aromatic carbocycles. The van der Waals surface area contributed by atoms with Crippen LogP contribution in [0.1, 0.15) is 239 Å². The second-order valence-electron chi connectivity index (χ2n) is 17.8. The number of quaternary nitrogens is 1. The van der Waals surface area contributed by atoms with E-state index in [0.717, 1.165) is 32.1 Å². The van der Waals surface area contributed by atoms with Crippen molar-refractivity contribution in [2.75, 3.05) is 54.1 Å². The molecule has 0 radical (unpaired) electrons. The van der Waals surface area contributed by atoms with Gasteiger partial charge in [-0.05, 0) is 12.8 Å². The third kappa shape index (κ3) is 44.6. The molecule has 0 heterocycles. The molecular weight excluding hydrogens is 721 g/mol. The van der Waals surface area contributed by atoms with Crippen LogP contribution in [0, 0.1) is 0 Å². The van der Waals surface area contributed by atoms with E-state index in [2.05, 4.69) is 13.8 Å². The molecule has 0 aliphatic rings. The van der Waals surface area contributed by atoms with Gasteiger partial charge in [0, 0.05) is 13.0 Å². The lowest BCUT2D eigenvalue weighted by Gasteiger charge is -2.28. The number of hydrogen-bond acceptors (Lipinski definition) is 7. The summed E-state index contributed by atoms with van der Waals surface area (Å²) in [5, 5.41) is 0. The van der Waals surface area contributed by atoms with Crippen LogP contribution in [-0.2, 0) is 27.9 Å². The Morgan fingerprint density at radius 1 is 0.482 bits per heavy atom. The zero-order valence-electron chi connectivity index (χ0n) is 38.1. The highest BCUT2D eigenvalue weighted by atomic mass is 31.2. The zero-order valence-corrected chi connectivity index (χ0v) is 39.0. The van der Waals surface area contributed by atoms with Gasteiger partial charge < -0.3 is 27.9 Å². The van der Waals surface area contributed by atoms with Crippen molar-refractivity contribution in [3.05, 3.63) is 0 Å². The first kappa shape index (κ1) is 55.5. The number of rotatable bonds is 46. The van der Waals surface area contributed by atoms with Crippen molar-refractivity contribution in [1.82, 2.24) is 0 Å². The van der Waals surface area contributed by atoms with Gasteiger partial charge in [-0.25, -0.2) is 0 Å². The molecule has 0 aliphatic carbocycles. The maximum absolute atomic E-state index is 12.7. The molecule has 0 spiro atoms. The van der Waals surface area contributed by atoms with Gasteiger partial charge in [-0.1, -0.05) is 219 Å². The van der Waals surface area contributed by atoms with E-state index < -0.39 is 13.9 Å². The largest absolute Gasteiger partial charge is 0.756 e. The summed E-state index contributed by atoms with van der Waals surface area (Å²) >= 11 is 0. The molecule has 0 saturated carbocycles. The van der Waals surface area contributed by atoms with Gasteiger partial charge in [0.2, 0.25) is 0 Å². The maximum atomic E-state index is 12.7. The molecule has 2 unspecified atom stereocenters. The molecule has 0 fully saturated rings. The first-order valence-electron chi connectivity index (χ1n) is 24.3. The lowest BCUT2D eigenvalue weighted by atomic mass is 10.0. The monoisotopic (exact) mass is 818 g/mol. The SMILES string of the molecule is CCCCCCCCCCCCCCCCCCCCCOCC(COP(=O)([O-])OCC[N+](C)(C)C)OC(=O)CCCCCCCCCCCCCCCCC. The van der Waals surface area contributed by atoms with Crippen molar-refractivity contribution in [1.29, 1.82) is 0 Å². The third-order valence-corrected chi connectivity index (χ3v) is 11.9. The summed E-state index contributed by atoms with van der Waals surface area (Å²) in [5.41, 5.74) is 0. The van der Waals surface area contributed by atoms with Gasteiger partial charge in [-0.3, -0.25) is 9.36 Å². The summed E-state index contributed by atoms with van der Waals surface area (Å²) in [4.78, 5) is 25.1. The number of nitrogens with zero attached hydrogens (tertiary/aromatic N) is 1. The fourth-order valence-electron chi connectivity index (χ4n) is 7.14. The Morgan fingerprint density at radius 3 is 1.18 bits per heavy atom. The van der Waals surface area contributed by atoms with Gasteiger partial charge in [0.25, 0.3) is 7.82 Å². The minimum absolute atomic E-state index is 0.0316. The van der Waals surface area contributed by atoms with E-state index in [9.17, 15) is 14.3 Å². The fourth-order valence-corrected chi connectivity index (χ4v) is 7.87. The Labute approximate surface area is 348 Å². The van der Waals surface area contributed by atoms with Gasteiger partial charge in [-0.15, -0.1) is 0 Å². The van der Waals surface area contributed by atoms with E-state index in [1.165, 1.54) is 186 Å². The Balaban J connectivity index is 4.11. The van der Waals surface area contributed by atoms with Crippen molar-refractivity contribution in [3.63, 3.8) is 0 Å². The molecule has 0 N–H and O–H groups in total. The van der Waals surface area contributed by atoms with Crippen LogP contribution in [0.2, 0.25) is 0 Å². The number of likely N-dealkylation sites (N-methyl/N-ethyl adjacent to an activating group) is 1. The molecule has 9 heteroatoms. The van der Waals surface area contributed by atoms with Gasteiger partial charge >= 0.3 is 5.97 Å². The summed E-state index contributed by atoms with van der Waals surface area (Å²) in [7, 11) is 1.38. The molecule has 336 valence electrons. The average Bonchev–Trinajstić information content (AvgIpc) is 3.15. The van der Waals surface area contributed by atoms with E-state index in [1.807, 2.05) is 21.1 Å². The molecule has 56 heavy (non-hydrogen) atoms. The smallest absolute Gasteiger partial charge is 0.306 e.